The molecule has 3 aliphatic heterocycles. The Kier molecular flexibility index (Phi) is 21.2. The molecule has 1 aromatic heterocycles. The molecule has 0 aliphatic carbocycles. The van der Waals surface area contributed by atoms with Crippen LogP contribution in [0.15, 0.2) is 41.9 Å². The molecule has 0 radical (unpaired) electrons. The van der Waals surface area contributed by atoms with Crippen molar-refractivity contribution < 1.29 is 57.3 Å². The summed E-state index contributed by atoms with van der Waals surface area (Å²) in [5.74, 6) is -3.84. The topological polar surface area (TPSA) is 272 Å². The van der Waals surface area contributed by atoms with Gasteiger partial charge >= 0.3 is 6.09 Å². The SMILES string of the molecule is CC(=O)N1CC[C@H]2CC[C@@H](C(=O)N[C@@H](CCC(N)=O)COc3cc(C)cc(CCCCCC(=O)N[C@H](C(=O)N4C[C@H](O)C[C@H]4C(=O)N[C@@H](C)c4ccc(-c5scnc5C)cc4)C(C)(C)C)c3F)N2C(=O)[C@@H](NC(=O)OC(C)(C)C)C1. The number of hydrogen-bond acceptors (Lipinski definition) is 13. The molecule has 3 fully saturated rings. The zero-order valence-electron chi connectivity index (χ0n) is 47.9. The van der Waals surface area contributed by atoms with Crippen LogP contribution in [0.3, 0.4) is 0 Å². The highest BCUT2D eigenvalue weighted by molar-refractivity contribution is 7.13. The number of carbonyl (C=O) groups is 8. The Morgan fingerprint density at radius 3 is 2.24 bits per heavy atom. The minimum Gasteiger partial charge on any atom is -0.488 e. The molecule has 3 aromatic rings. The number of alkyl carbamates (subject to hydrolysis) is 1. The number of carbonyl (C=O) groups excluding carboxylic acids is 8. The van der Waals surface area contributed by atoms with Crippen molar-refractivity contribution in [3.05, 3.63) is 70.1 Å². The second-order valence-corrected chi connectivity index (χ2v) is 24.5. The summed E-state index contributed by atoms with van der Waals surface area (Å²) < 4.78 is 27.6. The number of amides is 8. The normalized spacial score (nSPS) is 20.6. The summed E-state index contributed by atoms with van der Waals surface area (Å²) in [4.78, 5) is 117. The molecule has 0 spiro atoms. The molecule has 8 amide bonds. The van der Waals surface area contributed by atoms with Gasteiger partial charge in [-0.05, 0) is 120 Å². The largest absolute Gasteiger partial charge is 0.488 e. The number of ether oxygens (including phenoxy) is 2. The fourth-order valence-corrected chi connectivity index (χ4v) is 11.4. The molecule has 8 atom stereocenters. The maximum absolute atomic E-state index is 16.2. The van der Waals surface area contributed by atoms with Crippen LogP contribution in [-0.2, 0) is 44.7 Å². The molecule has 20 nitrogen and oxygen atoms in total. The number of aliphatic hydroxyl groups is 1. The number of aliphatic hydroxyl groups excluding tert-OH is 1. The van der Waals surface area contributed by atoms with E-state index in [1.165, 1.54) is 27.7 Å². The number of aryl methyl sites for hydroxylation is 3. The van der Waals surface area contributed by atoms with E-state index in [9.17, 15) is 43.5 Å². The molecular formula is C58H82FN9O11S. The Labute approximate surface area is 472 Å². The van der Waals surface area contributed by atoms with E-state index in [1.54, 1.807) is 50.6 Å². The summed E-state index contributed by atoms with van der Waals surface area (Å²) >= 11 is 1.55. The predicted octanol–water partition coefficient (Wildman–Crippen LogP) is 5.67. The molecule has 438 valence electrons. The number of nitrogens with two attached hydrogens (primary N) is 1. The van der Waals surface area contributed by atoms with E-state index in [1.807, 2.05) is 58.9 Å². The number of nitrogens with zero attached hydrogens (tertiary/aromatic N) is 4. The maximum atomic E-state index is 16.2. The first-order valence-corrected chi connectivity index (χ1v) is 28.6. The monoisotopic (exact) mass is 1130 g/mol. The molecule has 2 aromatic carbocycles. The number of fused-ring (bicyclic) bond motifs is 1. The maximum Gasteiger partial charge on any atom is 0.408 e. The van der Waals surface area contributed by atoms with Crippen molar-refractivity contribution in [2.24, 2.45) is 11.1 Å². The number of β-amino-alcohol motifs (C(OH)–C–C–N with tert-alkyl or cyclic N) is 1. The second-order valence-electron chi connectivity index (χ2n) is 23.6. The summed E-state index contributed by atoms with van der Waals surface area (Å²) in [6.07, 6.45) is 1.30. The van der Waals surface area contributed by atoms with Gasteiger partial charge in [-0.15, -0.1) is 11.3 Å². The minimum absolute atomic E-state index is 0.0547. The average molecular weight is 1130 g/mol. The van der Waals surface area contributed by atoms with Gasteiger partial charge in [-0.3, -0.25) is 33.6 Å². The first-order valence-electron chi connectivity index (χ1n) is 27.8. The van der Waals surface area contributed by atoms with Crippen LogP contribution in [0.1, 0.15) is 148 Å². The Bertz CT molecular complexity index is 2730. The molecule has 3 aliphatic rings. The molecule has 80 heavy (non-hydrogen) atoms. The molecular weight excluding hydrogens is 1050 g/mol. The summed E-state index contributed by atoms with van der Waals surface area (Å²) in [5.41, 5.74) is 9.63. The molecule has 7 N–H and O–H groups in total. The van der Waals surface area contributed by atoms with Crippen LogP contribution < -0.4 is 31.7 Å². The Balaban J connectivity index is 1.01. The van der Waals surface area contributed by atoms with Gasteiger partial charge in [0.15, 0.2) is 11.6 Å². The Hall–Kier alpha value is -6.68. The number of hydrogen-bond donors (Lipinski definition) is 6. The standard InChI is InChI=1S/C58H82FN9O11S/c1-33-26-39(14-12-11-13-15-48(72)65-51(57(5,6)7)55(76)67-29-42(70)28-45(67)53(74)62-34(2)37-16-18-38(19-17-37)50-35(3)61-32-80-50)49(59)46(27-33)78-31-40(20-23-47(60)71)63-52(73)44-22-21-41-24-25-66(36(4)69)30-43(54(75)68(41)44)64-56(77)79-58(8,9)10/h16-19,26-27,32,34,40-45,51,70H,11-15,20-25,28-31H2,1-10H3,(H2,60,71)(H,62,74)(H,63,73)(H,64,77)(H,65,72)/t34-,40-,41+,42+,43-,44-,45-,51+/m0/s1. The van der Waals surface area contributed by atoms with Crippen LogP contribution in [0.5, 0.6) is 5.75 Å². The van der Waals surface area contributed by atoms with Crippen LogP contribution in [0.4, 0.5) is 9.18 Å². The zero-order chi connectivity index (χ0) is 58.8. The fourth-order valence-electron chi connectivity index (χ4n) is 10.6. The highest BCUT2D eigenvalue weighted by atomic mass is 32.1. The molecule has 0 saturated carbocycles. The second kappa shape index (κ2) is 27.2. The minimum atomic E-state index is -1.19. The lowest BCUT2D eigenvalue weighted by Gasteiger charge is -2.38. The van der Waals surface area contributed by atoms with Gasteiger partial charge in [0.2, 0.25) is 41.4 Å². The van der Waals surface area contributed by atoms with Crippen LogP contribution in [0.25, 0.3) is 10.4 Å². The molecule has 22 heteroatoms. The summed E-state index contributed by atoms with van der Waals surface area (Å²) in [7, 11) is 0. The van der Waals surface area contributed by atoms with Crippen molar-refractivity contribution >= 4 is 58.8 Å². The lowest BCUT2D eigenvalue weighted by molar-refractivity contribution is -0.145. The molecule has 0 unspecified atom stereocenters. The summed E-state index contributed by atoms with van der Waals surface area (Å²) in [6, 6.07) is 5.40. The number of halogens is 1. The first kappa shape index (κ1) is 62.5. The highest BCUT2D eigenvalue weighted by Gasteiger charge is 2.47. The van der Waals surface area contributed by atoms with E-state index < -0.39 is 94.8 Å². The number of benzene rings is 2. The molecule has 3 saturated heterocycles. The van der Waals surface area contributed by atoms with Gasteiger partial charge in [0.1, 0.15) is 36.4 Å². The third-order valence-corrected chi connectivity index (χ3v) is 15.8. The van der Waals surface area contributed by atoms with Gasteiger partial charge in [-0.1, -0.05) is 57.5 Å². The first-order chi connectivity index (χ1) is 37.6. The van der Waals surface area contributed by atoms with Crippen LogP contribution in [0, 0.1) is 25.1 Å². The van der Waals surface area contributed by atoms with Crippen molar-refractivity contribution in [3.63, 3.8) is 0 Å². The highest BCUT2D eigenvalue weighted by Crippen LogP contribution is 2.33. The smallest absolute Gasteiger partial charge is 0.408 e. The number of thiazole rings is 1. The number of nitrogens with one attached hydrogen (secondary N) is 4. The number of primary amides is 1. The van der Waals surface area contributed by atoms with E-state index in [0.29, 0.717) is 62.6 Å². The molecule has 6 rings (SSSR count). The quantitative estimate of drug-likeness (QED) is 0.0705. The van der Waals surface area contributed by atoms with Crippen molar-refractivity contribution in [2.45, 2.75) is 194 Å². The zero-order valence-corrected chi connectivity index (χ0v) is 48.8. The van der Waals surface area contributed by atoms with Gasteiger partial charge in [-0.25, -0.2) is 14.2 Å². The Morgan fingerprint density at radius 1 is 0.900 bits per heavy atom. The number of unbranched alkanes of at least 4 members (excludes halogenated alkanes) is 2. The van der Waals surface area contributed by atoms with Crippen molar-refractivity contribution in [1.82, 2.24) is 41.0 Å². The van der Waals surface area contributed by atoms with Gasteiger partial charge in [0, 0.05) is 45.3 Å². The van der Waals surface area contributed by atoms with Crippen LogP contribution >= 0.6 is 11.3 Å². The Morgan fingerprint density at radius 2 is 1.60 bits per heavy atom. The van der Waals surface area contributed by atoms with E-state index in [4.69, 9.17) is 15.2 Å². The average Bonchev–Trinajstić information content (AvgIpc) is 4.12. The third-order valence-electron chi connectivity index (χ3n) is 14.8. The molecule has 0 bridgehead atoms. The van der Waals surface area contributed by atoms with Crippen molar-refractivity contribution in [3.8, 4) is 16.2 Å². The number of aromatic nitrogens is 1. The predicted molar refractivity (Wildman–Crippen MR) is 299 cm³/mol. The van der Waals surface area contributed by atoms with Gasteiger partial charge in [-0.2, -0.15) is 0 Å². The van der Waals surface area contributed by atoms with E-state index in [2.05, 4.69) is 26.3 Å². The van der Waals surface area contributed by atoms with Crippen LogP contribution in [0.2, 0.25) is 0 Å². The van der Waals surface area contributed by atoms with E-state index in [-0.39, 0.29) is 69.0 Å². The molecule has 4 heterocycles. The lowest BCUT2D eigenvalue weighted by atomic mass is 9.85. The van der Waals surface area contributed by atoms with Crippen LogP contribution in [-0.4, -0.2) is 146 Å². The van der Waals surface area contributed by atoms with E-state index in [0.717, 1.165) is 21.7 Å². The van der Waals surface area contributed by atoms with E-state index >= 15 is 4.39 Å². The lowest BCUT2D eigenvalue weighted by Crippen LogP contribution is -2.61. The van der Waals surface area contributed by atoms with Crippen molar-refractivity contribution in [2.75, 3.05) is 26.2 Å². The van der Waals surface area contributed by atoms with Gasteiger partial charge in [0.05, 0.1) is 40.8 Å². The van der Waals surface area contributed by atoms with Gasteiger partial charge < -0.3 is 56.3 Å². The fraction of sp³-hybridized carbons (Fsp3) is 0.603. The van der Waals surface area contributed by atoms with Gasteiger partial charge in [0.25, 0.3) is 0 Å². The third kappa shape index (κ3) is 16.9. The number of likely N-dealkylation sites (tertiary alicyclic amines) is 1. The summed E-state index contributed by atoms with van der Waals surface area (Å²) in [5, 5.41) is 22.2. The summed E-state index contributed by atoms with van der Waals surface area (Å²) in [6.45, 7) is 17.4. The van der Waals surface area contributed by atoms with Crippen molar-refractivity contribution in [1.29, 1.82) is 0 Å². The number of rotatable bonds is 21.